The highest BCUT2D eigenvalue weighted by Crippen LogP contribution is 2.44. The summed E-state index contributed by atoms with van der Waals surface area (Å²) >= 11 is 1.70. The summed E-state index contributed by atoms with van der Waals surface area (Å²) in [6.07, 6.45) is 4.61. The number of benzene rings is 2. The first kappa shape index (κ1) is 26.0. The van der Waals surface area contributed by atoms with E-state index < -0.39 is 11.4 Å². The summed E-state index contributed by atoms with van der Waals surface area (Å²) in [4.78, 5) is 24.9. The summed E-state index contributed by atoms with van der Waals surface area (Å²) in [5.74, 6) is 0.400. The molecule has 0 saturated carbocycles. The maximum Gasteiger partial charge on any atom is 0.323 e. The summed E-state index contributed by atoms with van der Waals surface area (Å²) in [6.45, 7) is 6.62. The molecule has 0 spiro atoms. The van der Waals surface area contributed by atoms with Crippen molar-refractivity contribution in [2.24, 2.45) is 0 Å². The van der Waals surface area contributed by atoms with Crippen LogP contribution in [-0.2, 0) is 25.6 Å². The lowest BCUT2D eigenvalue weighted by Crippen LogP contribution is -2.38. The molecule has 2 aromatic carbocycles. The second-order valence-electron chi connectivity index (χ2n) is 9.22. The van der Waals surface area contributed by atoms with Gasteiger partial charge in [0.15, 0.2) is 0 Å². The molecule has 2 aliphatic rings. The Morgan fingerprint density at radius 1 is 1.22 bits per heavy atom. The number of amides is 1. The van der Waals surface area contributed by atoms with Crippen molar-refractivity contribution in [1.82, 2.24) is 5.32 Å². The zero-order valence-corrected chi connectivity index (χ0v) is 21.8. The van der Waals surface area contributed by atoms with Gasteiger partial charge in [-0.3, -0.25) is 9.59 Å². The monoisotopic (exact) mass is 510 g/mol. The number of allylic oxidation sites excluding steroid dienone is 1. The van der Waals surface area contributed by atoms with Gasteiger partial charge in [-0.15, -0.1) is 0 Å². The van der Waals surface area contributed by atoms with Crippen LogP contribution in [0.4, 0.5) is 10.1 Å². The van der Waals surface area contributed by atoms with Gasteiger partial charge >= 0.3 is 5.97 Å². The van der Waals surface area contributed by atoms with Crippen LogP contribution in [0.1, 0.15) is 43.9 Å². The molecule has 2 heterocycles. The Morgan fingerprint density at radius 2 is 1.97 bits per heavy atom. The fourth-order valence-electron chi connectivity index (χ4n) is 4.43. The number of hydrogen-bond donors (Lipinski definition) is 2. The first-order valence-corrected chi connectivity index (χ1v) is 13.4. The third-order valence-electron chi connectivity index (χ3n) is 6.26. The number of anilines is 1. The summed E-state index contributed by atoms with van der Waals surface area (Å²) in [5.41, 5.74) is 3.78. The van der Waals surface area contributed by atoms with E-state index in [0.717, 1.165) is 22.5 Å². The zero-order chi connectivity index (χ0) is 25.9. The Balaban J connectivity index is 1.54. The summed E-state index contributed by atoms with van der Waals surface area (Å²) in [6, 6.07) is 12.0. The van der Waals surface area contributed by atoms with Crippen molar-refractivity contribution >= 4 is 40.5 Å². The van der Waals surface area contributed by atoms with Crippen molar-refractivity contribution in [2.75, 3.05) is 23.9 Å². The Labute approximate surface area is 215 Å². The van der Waals surface area contributed by atoms with Crippen molar-refractivity contribution < 1.29 is 23.5 Å². The third-order valence-corrected chi connectivity index (χ3v) is 6.91. The number of thioether (sulfide) groups is 1. The predicted octanol–water partition coefficient (Wildman–Crippen LogP) is 5.16. The van der Waals surface area contributed by atoms with Crippen molar-refractivity contribution in [3.8, 4) is 0 Å². The number of fused-ring (bicyclic) bond motifs is 1. The molecule has 4 rings (SSSR count). The molecule has 2 aliphatic heterocycles. The van der Waals surface area contributed by atoms with Gasteiger partial charge in [0.2, 0.25) is 0 Å². The first-order valence-electron chi connectivity index (χ1n) is 12.0. The topological polar surface area (TPSA) is 76.7 Å². The van der Waals surface area contributed by atoms with E-state index in [1.54, 1.807) is 17.8 Å². The summed E-state index contributed by atoms with van der Waals surface area (Å²) in [7, 11) is 0. The standard InChI is InChI=1S/C28H31FN2O4S/c1-5-34-27(33)22(12-13-36-4)30-16-17-6-8-18(9-7-17)21-15-24(35-28(21,2)3)25-20-11-10-19(29)14-23(20)31-26(25)32/h6-11,14-15,22,30H,5,12-13,16H2,1-4H3,(H,31,32)/b25-24+. The number of carbonyl (C=O) groups is 2. The van der Waals surface area contributed by atoms with Crippen LogP contribution in [0.25, 0.3) is 11.1 Å². The molecule has 0 radical (unpaired) electrons. The smallest absolute Gasteiger partial charge is 0.323 e. The number of ether oxygens (including phenoxy) is 2. The van der Waals surface area contributed by atoms with Gasteiger partial charge in [0.25, 0.3) is 5.91 Å². The number of halogens is 1. The number of hydrogen-bond acceptors (Lipinski definition) is 6. The molecular weight excluding hydrogens is 479 g/mol. The maximum atomic E-state index is 13.6. The minimum atomic E-state index is -0.655. The fraction of sp³-hybridized carbons (Fsp3) is 0.357. The highest BCUT2D eigenvalue weighted by Gasteiger charge is 2.38. The van der Waals surface area contributed by atoms with E-state index in [1.165, 1.54) is 12.1 Å². The van der Waals surface area contributed by atoms with E-state index in [2.05, 4.69) is 10.6 Å². The number of rotatable bonds is 9. The van der Waals surface area contributed by atoms with Gasteiger partial charge in [0.1, 0.15) is 23.2 Å². The van der Waals surface area contributed by atoms with E-state index in [1.807, 2.05) is 57.4 Å². The molecule has 0 aliphatic carbocycles. The molecule has 6 nitrogen and oxygen atoms in total. The van der Waals surface area contributed by atoms with Crippen molar-refractivity contribution in [2.45, 2.75) is 45.4 Å². The zero-order valence-electron chi connectivity index (χ0n) is 20.9. The van der Waals surface area contributed by atoms with Crippen LogP contribution in [0.3, 0.4) is 0 Å². The highest BCUT2D eigenvalue weighted by atomic mass is 32.2. The first-order chi connectivity index (χ1) is 17.2. The van der Waals surface area contributed by atoms with Crippen LogP contribution >= 0.6 is 11.8 Å². The van der Waals surface area contributed by atoms with E-state index >= 15 is 0 Å². The fourth-order valence-corrected chi connectivity index (χ4v) is 4.90. The van der Waals surface area contributed by atoms with Gasteiger partial charge in [-0.25, -0.2) is 4.39 Å². The molecule has 190 valence electrons. The summed E-state index contributed by atoms with van der Waals surface area (Å²) < 4.78 is 25.0. The SMILES string of the molecule is CCOC(=O)C(CCSC)NCc1ccc(C2=C/C(=C3\C(=O)Nc4cc(F)ccc43)OC2(C)C)cc1. The maximum absolute atomic E-state index is 13.6. The highest BCUT2D eigenvalue weighted by molar-refractivity contribution is 7.98. The molecule has 36 heavy (non-hydrogen) atoms. The molecule has 0 aromatic heterocycles. The lowest BCUT2D eigenvalue weighted by molar-refractivity contribution is -0.145. The number of nitrogens with one attached hydrogen (secondary N) is 2. The van der Waals surface area contributed by atoms with Crippen LogP contribution in [0.5, 0.6) is 0 Å². The molecule has 0 fully saturated rings. The normalized spacial score (nSPS) is 18.8. The minimum absolute atomic E-state index is 0.223. The predicted molar refractivity (Wildman–Crippen MR) is 142 cm³/mol. The molecule has 1 amide bonds. The molecule has 1 unspecified atom stereocenters. The minimum Gasteiger partial charge on any atom is -0.482 e. The Bertz CT molecular complexity index is 1220. The van der Waals surface area contributed by atoms with E-state index in [-0.39, 0.29) is 17.9 Å². The molecule has 0 saturated heterocycles. The average Bonchev–Trinajstić information content (AvgIpc) is 3.33. The molecule has 2 aromatic rings. The van der Waals surface area contributed by atoms with Crippen LogP contribution in [0, 0.1) is 5.82 Å². The number of carbonyl (C=O) groups excluding carboxylic acids is 2. The van der Waals surface area contributed by atoms with Gasteiger partial charge in [-0.2, -0.15) is 11.8 Å². The average molecular weight is 511 g/mol. The Hall–Kier alpha value is -3.10. The second kappa shape index (κ2) is 10.9. The van der Waals surface area contributed by atoms with Crippen LogP contribution in [0.15, 0.2) is 54.3 Å². The molecule has 8 heteroatoms. The lowest BCUT2D eigenvalue weighted by atomic mass is 9.91. The third kappa shape index (κ3) is 5.50. The van der Waals surface area contributed by atoms with Crippen molar-refractivity contribution in [3.63, 3.8) is 0 Å². The second-order valence-corrected chi connectivity index (χ2v) is 10.2. The van der Waals surface area contributed by atoms with E-state index in [9.17, 15) is 14.0 Å². The largest absolute Gasteiger partial charge is 0.482 e. The van der Waals surface area contributed by atoms with Gasteiger partial charge in [0, 0.05) is 17.7 Å². The number of esters is 1. The molecule has 0 bridgehead atoms. The Kier molecular flexibility index (Phi) is 7.85. The van der Waals surface area contributed by atoms with Gasteiger partial charge in [-0.05, 0) is 74.6 Å². The van der Waals surface area contributed by atoms with Crippen LogP contribution in [0.2, 0.25) is 0 Å². The van der Waals surface area contributed by atoms with Gasteiger partial charge in [0.05, 0.1) is 17.9 Å². The van der Waals surface area contributed by atoms with E-state index in [4.69, 9.17) is 9.47 Å². The summed E-state index contributed by atoms with van der Waals surface area (Å²) in [5, 5.41) is 6.04. The molecule has 2 N–H and O–H groups in total. The van der Waals surface area contributed by atoms with Gasteiger partial charge < -0.3 is 20.1 Å². The van der Waals surface area contributed by atoms with Crippen molar-refractivity contribution in [1.29, 1.82) is 0 Å². The Morgan fingerprint density at radius 3 is 2.67 bits per heavy atom. The lowest BCUT2D eigenvalue weighted by Gasteiger charge is -2.23. The molecule has 1 atom stereocenters. The van der Waals surface area contributed by atoms with Crippen molar-refractivity contribution in [3.05, 3.63) is 76.8 Å². The van der Waals surface area contributed by atoms with Gasteiger partial charge in [-0.1, -0.05) is 24.3 Å². The molecular formula is C28H31FN2O4S. The van der Waals surface area contributed by atoms with E-state index in [0.29, 0.717) is 42.2 Å². The quantitative estimate of drug-likeness (QED) is 0.359. The van der Waals surface area contributed by atoms with Crippen LogP contribution < -0.4 is 10.6 Å². The van der Waals surface area contributed by atoms with Crippen LogP contribution in [-0.4, -0.2) is 42.1 Å².